The van der Waals surface area contributed by atoms with E-state index in [2.05, 4.69) is 0 Å². The van der Waals surface area contributed by atoms with Crippen LogP contribution in [0.5, 0.6) is 0 Å². The molecule has 0 saturated carbocycles. The van der Waals surface area contributed by atoms with Gasteiger partial charge in [-0.25, -0.2) is 0 Å². The molecule has 0 aliphatic carbocycles. The topological polar surface area (TPSA) is 73.2 Å². The Bertz CT molecular complexity index is 204. The van der Waals surface area contributed by atoms with E-state index >= 15 is 0 Å². The van der Waals surface area contributed by atoms with Gasteiger partial charge in [0.1, 0.15) is 24.5 Å². The summed E-state index contributed by atoms with van der Waals surface area (Å²) in [5, 5.41) is 28.6. The van der Waals surface area contributed by atoms with E-state index in [-0.39, 0.29) is 6.61 Å². The minimum Gasteiger partial charge on any atom is -0.388 e. The highest BCUT2D eigenvalue weighted by atomic mass is 35.5. The van der Waals surface area contributed by atoms with Crippen molar-refractivity contribution < 1.29 is 20.1 Å². The number of aliphatic hydroxyl groups is 3. The SMILES string of the molecule is O[C@@H]1[C@H](O)[C@H](O)CO[C@H]1N(CCCl)CCCl. The van der Waals surface area contributed by atoms with Crippen LogP contribution in [0.3, 0.4) is 0 Å². The van der Waals surface area contributed by atoms with Gasteiger partial charge in [0.05, 0.1) is 6.61 Å². The van der Waals surface area contributed by atoms with Crippen molar-refractivity contribution in [2.75, 3.05) is 31.5 Å². The van der Waals surface area contributed by atoms with Crippen molar-refractivity contribution in [1.29, 1.82) is 0 Å². The first-order chi connectivity index (χ1) is 7.61. The zero-order valence-electron chi connectivity index (χ0n) is 8.80. The van der Waals surface area contributed by atoms with E-state index in [1.54, 1.807) is 4.90 Å². The zero-order valence-corrected chi connectivity index (χ0v) is 10.3. The van der Waals surface area contributed by atoms with Gasteiger partial charge < -0.3 is 20.1 Å². The third kappa shape index (κ3) is 3.43. The highest BCUT2D eigenvalue weighted by Gasteiger charge is 2.40. The molecule has 1 rings (SSSR count). The summed E-state index contributed by atoms with van der Waals surface area (Å²) in [7, 11) is 0. The Labute approximate surface area is 105 Å². The van der Waals surface area contributed by atoms with Crippen LogP contribution in [0.15, 0.2) is 0 Å². The van der Waals surface area contributed by atoms with Crippen LogP contribution in [0.25, 0.3) is 0 Å². The standard InChI is InChI=1S/C9H17Cl2NO4/c10-1-3-12(4-2-11)9-8(15)7(14)6(13)5-16-9/h6-9,13-15H,1-5H2/t6-,7-,8-,9-/m1/s1. The Morgan fingerprint density at radius 1 is 1.06 bits per heavy atom. The number of ether oxygens (including phenoxy) is 1. The maximum Gasteiger partial charge on any atom is 0.139 e. The summed E-state index contributed by atoms with van der Waals surface area (Å²) < 4.78 is 5.29. The smallest absolute Gasteiger partial charge is 0.139 e. The first kappa shape index (κ1) is 14.4. The lowest BCUT2D eigenvalue weighted by Crippen LogP contribution is -2.59. The third-order valence-corrected chi connectivity index (χ3v) is 2.92. The lowest BCUT2D eigenvalue weighted by atomic mass is 10.0. The molecule has 16 heavy (non-hydrogen) atoms. The van der Waals surface area contributed by atoms with E-state index < -0.39 is 24.5 Å². The molecule has 0 radical (unpaired) electrons. The molecular weight excluding hydrogens is 257 g/mol. The van der Waals surface area contributed by atoms with Gasteiger partial charge in [0.25, 0.3) is 0 Å². The molecule has 3 N–H and O–H groups in total. The second-order valence-electron chi connectivity index (χ2n) is 3.69. The number of alkyl halides is 2. The molecule has 0 aromatic heterocycles. The summed E-state index contributed by atoms with van der Waals surface area (Å²) in [4.78, 5) is 1.75. The van der Waals surface area contributed by atoms with Crippen molar-refractivity contribution in [3.05, 3.63) is 0 Å². The van der Waals surface area contributed by atoms with Gasteiger partial charge in [0.15, 0.2) is 0 Å². The Morgan fingerprint density at radius 2 is 1.62 bits per heavy atom. The van der Waals surface area contributed by atoms with E-state index in [1.165, 1.54) is 0 Å². The summed E-state index contributed by atoms with van der Waals surface area (Å²) in [6.07, 6.45) is -4.09. The summed E-state index contributed by atoms with van der Waals surface area (Å²) >= 11 is 11.3. The van der Waals surface area contributed by atoms with Crippen molar-refractivity contribution in [1.82, 2.24) is 4.90 Å². The van der Waals surface area contributed by atoms with Crippen LogP contribution in [-0.2, 0) is 4.74 Å². The number of nitrogens with zero attached hydrogens (tertiary/aromatic N) is 1. The van der Waals surface area contributed by atoms with Crippen LogP contribution in [0.2, 0.25) is 0 Å². The molecule has 1 fully saturated rings. The maximum atomic E-state index is 9.77. The molecule has 0 aromatic rings. The fraction of sp³-hybridized carbons (Fsp3) is 1.00. The molecule has 0 spiro atoms. The molecular formula is C9H17Cl2NO4. The fourth-order valence-corrected chi connectivity index (χ4v) is 2.13. The van der Waals surface area contributed by atoms with Gasteiger partial charge in [-0.3, -0.25) is 4.90 Å². The normalized spacial score (nSPS) is 35.6. The number of rotatable bonds is 5. The largest absolute Gasteiger partial charge is 0.388 e. The predicted octanol–water partition coefficient (Wildman–Crippen LogP) is -0.795. The van der Waals surface area contributed by atoms with Gasteiger partial charge in [0, 0.05) is 24.8 Å². The van der Waals surface area contributed by atoms with Crippen molar-refractivity contribution >= 4 is 23.2 Å². The van der Waals surface area contributed by atoms with E-state index in [0.29, 0.717) is 24.8 Å². The molecule has 0 unspecified atom stereocenters. The van der Waals surface area contributed by atoms with Crippen molar-refractivity contribution in [2.24, 2.45) is 0 Å². The number of halogens is 2. The van der Waals surface area contributed by atoms with Gasteiger partial charge >= 0.3 is 0 Å². The second-order valence-corrected chi connectivity index (χ2v) is 4.44. The Hall–Kier alpha value is 0.380. The number of aliphatic hydroxyl groups excluding tert-OH is 3. The molecule has 0 aromatic carbocycles. The van der Waals surface area contributed by atoms with Crippen LogP contribution in [0.1, 0.15) is 0 Å². The predicted molar refractivity (Wildman–Crippen MR) is 60.8 cm³/mol. The first-order valence-corrected chi connectivity index (χ1v) is 6.20. The van der Waals surface area contributed by atoms with Crippen molar-refractivity contribution in [2.45, 2.75) is 24.5 Å². The molecule has 1 saturated heterocycles. The highest BCUT2D eigenvalue weighted by molar-refractivity contribution is 6.18. The number of hydrogen-bond donors (Lipinski definition) is 3. The molecule has 5 nitrogen and oxygen atoms in total. The van der Waals surface area contributed by atoms with Crippen LogP contribution >= 0.6 is 23.2 Å². The summed E-state index contributed by atoms with van der Waals surface area (Å²) in [6.45, 7) is 0.988. The quantitative estimate of drug-likeness (QED) is 0.573. The van der Waals surface area contributed by atoms with Crippen LogP contribution in [-0.4, -0.2) is 76.2 Å². The lowest BCUT2D eigenvalue weighted by molar-refractivity contribution is -0.227. The third-order valence-electron chi connectivity index (χ3n) is 2.58. The minimum atomic E-state index is -1.20. The van der Waals surface area contributed by atoms with E-state index in [4.69, 9.17) is 27.9 Å². The van der Waals surface area contributed by atoms with Crippen molar-refractivity contribution in [3.63, 3.8) is 0 Å². The van der Waals surface area contributed by atoms with Crippen LogP contribution in [0, 0.1) is 0 Å². The first-order valence-electron chi connectivity index (χ1n) is 5.13. The lowest BCUT2D eigenvalue weighted by Gasteiger charge is -2.40. The second kappa shape index (κ2) is 6.96. The molecule has 96 valence electrons. The molecule has 1 heterocycles. The zero-order chi connectivity index (χ0) is 12.1. The average Bonchev–Trinajstić information content (AvgIpc) is 2.26. The Morgan fingerprint density at radius 3 is 2.12 bits per heavy atom. The molecule has 1 aliphatic rings. The van der Waals surface area contributed by atoms with E-state index in [9.17, 15) is 15.3 Å². The minimum absolute atomic E-state index is 0.00996. The van der Waals surface area contributed by atoms with Gasteiger partial charge in [-0.2, -0.15) is 0 Å². The van der Waals surface area contributed by atoms with Crippen LogP contribution < -0.4 is 0 Å². The maximum absolute atomic E-state index is 9.77. The van der Waals surface area contributed by atoms with E-state index in [1.807, 2.05) is 0 Å². The van der Waals surface area contributed by atoms with Gasteiger partial charge in [-0.15, -0.1) is 23.2 Å². The highest BCUT2D eigenvalue weighted by Crippen LogP contribution is 2.18. The summed E-state index contributed by atoms with van der Waals surface area (Å²) in [5.74, 6) is 0.754. The molecule has 4 atom stereocenters. The van der Waals surface area contributed by atoms with Gasteiger partial charge in [-0.1, -0.05) is 0 Å². The molecule has 0 bridgehead atoms. The molecule has 7 heteroatoms. The Kier molecular flexibility index (Phi) is 6.28. The van der Waals surface area contributed by atoms with Gasteiger partial charge in [-0.05, 0) is 0 Å². The monoisotopic (exact) mass is 273 g/mol. The van der Waals surface area contributed by atoms with Crippen LogP contribution in [0.4, 0.5) is 0 Å². The van der Waals surface area contributed by atoms with Gasteiger partial charge in [0.2, 0.25) is 0 Å². The fourth-order valence-electron chi connectivity index (χ4n) is 1.70. The molecule has 1 aliphatic heterocycles. The summed E-state index contributed by atoms with van der Waals surface area (Å²) in [6, 6.07) is 0. The average molecular weight is 274 g/mol. The Balaban J connectivity index is 2.61. The molecule has 0 amide bonds. The summed E-state index contributed by atoms with van der Waals surface area (Å²) in [5.41, 5.74) is 0. The van der Waals surface area contributed by atoms with Crippen molar-refractivity contribution in [3.8, 4) is 0 Å². The van der Waals surface area contributed by atoms with E-state index in [0.717, 1.165) is 0 Å². The number of hydrogen-bond acceptors (Lipinski definition) is 5.